The highest BCUT2D eigenvalue weighted by molar-refractivity contribution is 4.79. The van der Waals surface area contributed by atoms with Crippen LogP contribution in [-0.4, -0.2) is 231 Å². The average molecular weight is 1180 g/mol. The highest BCUT2D eigenvalue weighted by atomic mass is 15.2. The van der Waals surface area contributed by atoms with Crippen LogP contribution < -0.4 is 26.6 Å². The quantitative estimate of drug-likeness (QED) is 0.0388. The third kappa shape index (κ3) is 68.6. The van der Waals surface area contributed by atoms with Crippen LogP contribution in [0.1, 0.15) is 268 Å². The Morgan fingerprint density at radius 2 is 0.756 bits per heavy atom. The lowest BCUT2D eigenvalue weighted by atomic mass is 10.1. The molecule has 0 bridgehead atoms. The van der Waals surface area contributed by atoms with Gasteiger partial charge in [-0.05, 0) is 269 Å². The van der Waals surface area contributed by atoms with Crippen LogP contribution in [0.5, 0.6) is 0 Å². The van der Waals surface area contributed by atoms with Gasteiger partial charge >= 0.3 is 0 Å². The minimum Gasteiger partial charge on any atom is -0.316 e. The Kier molecular flexibility index (Phi) is 64.8. The molecule has 0 fully saturated rings. The summed E-state index contributed by atoms with van der Waals surface area (Å²) in [6.45, 7) is 97.2. The molecule has 1 unspecified atom stereocenters. The molecule has 0 rings (SSSR count). The first kappa shape index (κ1) is 95.2. The molecule has 12 heteroatoms. The van der Waals surface area contributed by atoms with Crippen LogP contribution in [0, 0.1) is 0 Å². The molecule has 0 aromatic heterocycles. The second-order valence-electron chi connectivity index (χ2n) is 28.6. The minimum atomic E-state index is 0. The van der Waals surface area contributed by atoms with Crippen LogP contribution in [0.15, 0.2) is 0 Å². The fraction of sp³-hybridized carbons (Fsp3) is 1.00. The van der Waals surface area contributed by atoms with Gasteiger partial charge < -0.3 is 51.1 Å². The summed E-state index contributed by atoms with van der Waals surface area (Å²) in [5.41, 5.74) is 1.67. The predicted molar refractivity (Wildman–Crippen MR) is 382 cm³/mol. The molecule has 0 spiro atoms. The molecule has 0 saturated heterocycles. The number of likely N-dealkylation sites (N-methyl/N-ethyl adjacent to an activating group) is 6. The van der Waals surface area contributed by atoms with E-state index in [0.29, 0.717) is 28.7 Å². The molecule has 506 valence electrons. The number of hydrogen-bond acceptors (Lipinski definition) is 12. The molecule has 0 radical (unpaired) electrons. The normalized spacial score (nSPS) is 12.8. The van der Waals surface area contributed by atoms with Crippen molar-refractivity contribution < 1.29 is 0 Å². The Bertz CT molecular complexity index is 1230. The van der Waals surface area contributed by atoms with Crippen molar-refractivity contribution in [3.8, 4) is 0 Å². The summed E-state index contributed by atoms with van der Waals surface area (Å²) in [7, 11) is 2.20. The van der Waals surface area contributed by atoms with Crippen LogP contribution in [0.4, 0.5) is 0 Å². The Morgan fingerprint density at radius 3 is 1.09 bits per heavy atom. The monoisotopic (exact) mass is 1180 g/mol. The first-order valence-corrected chi connectivity index (χ1v) is 34.1. The fourth-order valence-electron chi connectivity index (χ4n) is 9.05. The van der Waals surface area contributed by atoms with E-state index in [1.165, 1.54) is 97.4 Å². The number of rotatable bonds is 36. The van der Waals surface area contributed by atoms with E-state index in [0.717, 1.165) is 85.1 Å². The highest BCUT2D eigenvalue weighted by Gasteiger charge is 2.21. The minimum absolute atomic E-state index is 0. The SMILES string of the molecule is C.CCC(CC)NCCC(C)NC(C)(C)C.CCCN(CCC)CCNC(C)(C)C.CCN(CC)CCCNC(C)(C)C.CCN(CC)CCN(C)C(C)(C)C.CCN(CC)CCN(CC)C(C)(C)C.CCNCCN(CC)C(C)(C)C. The lowest BCUT2D eigenvalue weighted by Crippen LogP contribution is -2.45. The predicted octanol–water partition coefficient (Wildman–Crippen LogP) is 14.4. The van der Waals surface area contributed by atoms with Gasteiger partial charge in [-0.25, -0.2) is 0 Å². The number of nitrogens with one attached hydrogen (secondary N) is 5. The fourth-order valence-corrected chi connectivity index (χ4v) is 9.05. The Morgan fingerprint density at radius 1 is 0.366 bits per heavy atom. The van der Waals surface area contributed by atoms with Crippen LogP contribution in [0.2, 0.25) is 0 Å². The van der Waals surface area contributed by atoms with Gasteiger partial charge in [0.15, 0.2) is 0 Å². The van der Waals surface area contributed by atoms with Crippen LogP contribution in [0.25, 0.3) is 0 Å². The van der Waals surface area contributed by atoms with Gasteiger partial charge in [-0.15, -0.1) is 0 Å². The zero-order chi connectivity index (χ0) is 64.5. The summed E-state index contributed by atoms with van der Waals surface area (Å²) in [6.07, 6.45) is 7.44. The Hall–Kier alpha value is -0.480. The Labute approximate surface area is 522 Å². The van der Waals surface area contributed by atoms with Crippen molar-refractivity contribution in [1.29, 1.82) is 0 Å². The lowest BCUT2D eigenvalue weighted by molar-refractivity contribution is 0.124. The van der Waals surface area contributed by atoms with Gasteiger partial charge in [-0.2, -0.15) is 0 Å². The van der Waals surface area contributed by atoms with E-state index >= 15 is 0 Å². The van der Waals surface area contributed by atoms with E-state index in [1.807, 2.05) is 0 Å². The largest absolute Gasteiger partial charge is 0.316 e. The van der Waals surface area contributed by atoms with Crippen molar-refractivity contribution in [2.75, 3.05) is 151 Å². The van der Waals surface area contributed by atoms with E-state index in [1.54, 1.807) is 0 Å². The molecule has 0 heterocycles. The van der Waals surface area contributed by atoms with E-state index in [-0.39, 0.29) is 24.0 Å². The van der Waals surface area contributed by atoms with Crippen molar-refractivity contribution in [3.63, 3.8) is 0 Å². The molecule has 0 aromatic carbocycles. The van der Waals surface area contributed by atoms with E-state index in [4.69, 9.17) is 0 Å². The summed E-state index contributed by atoms with van der Waals surface area (Å²) in [5, 5.41) is 17.6. The molecular weight excluding hydrogens is 1010 g/mol. The molecule has 1 atom stereocenters. The van der Waals surface area contributed by atoms with Crippen molar-refractivity contribution >= 4 is 0 Å². The summed E-state index contributed by atoms with van der Waals surface area (Å²) >= 11 is 0. The Balaban J connectivity index is -0.000000164. The van der Waals surface area contributed by atoms with Gasteiger partial charge in [-0.1, -0.05) is 97.4 Å². The first-order valence-electron chi connectivity index (χ1n) is 34.1. The number of hydrogen-bond donors (Lipinski definition) is 5. The van der Waals surface area contributed by atoms with Crippen LogP contribution in [0.3, 0.4) is 0 Å². The second-order valence-corrected chi connectivity index (χ2v) is 28.6. The molecule has 0 aliphatic carbocycles. The summed E-state index contributed by atoms with van der Waals surface area (Å²) in [4.78, 5) is 17.4. The topological polar surface area (TPSA) is 82.8 Å². The maximum Gasteiger partial charge on any atom is 0.0125 e. The zero-order valence-electron chi connectivity index (χ0n) is 62.6. The molecule has 0 saturated carbocycles. The van der Waals surface area contributed by atoms with Crippen molar-refractivity contribution in [2.45, 2.75) is 313 Å². The van der Waals surface area contributed by atoms with Gasteiger partial charge in [0, 0.05) is 97.7 Å². The summed E-state index contributed by atoms with van der Waals surface area (Å²) in [6, 6.07) is 1.29. The molecule has 5 N–H and O–H groups in total. The molecule has 0 aromatic rings. The first-order chi connectivity index (χ1) is 37.3. The van der Waals surface area contributed by atoms with Crippen molar-refractivity contribution in [3.05, 3.63) is 0 Å². The number of nitrogens with zero attached hydrogens (tertiary/aromatic N) is 7. The van der Waals surface area contributed by atoms with Gasteiger partial charge in [0.1, 0.15) is 0 Å². The average Bonchev–Trinajstić information content (AvgIpc) is 3.35. The van der Waals surface area contributed by atoms with Crippen LogP contribution >= 0.6 is 0 Å². The van der Waals surface area contributed by atoms with E-state index in [2.05, 4.69) is 289 Å². The summed E-state index contributed by atoms with van der Waals surface area (Å²) in [5.74, 6) is 0. The summed E-state index contributed by atoms with van der Waals surface area (Å²) < 4.78 is 0. The third-order valence-corrected chi connectivity index (χ3v) is 14.9. The molecule has 0 amide bonds. The van der Waals surface area contributed by atoms with Gasteiger partial charge in [0.05, 0.1) is 0 Å². The molecule has 82 heavy (non-hydrogen) atoms. The maximum absolute atomic E-state index is 3.60. The molecule has 12 nitrogen and oxygen atoms in total. The second kappa shape index (κ2) is 55.8. The highest BCUT2D eigenvalue weighted by Crippen LogP contribution is 2.13. The molecular formula is C70H166N12. The van der Waals surface area contributed by atoms with Crippen molar-refractivity contribution in [2.24, 2.45) is 0 Å². The molecule has 0 aliphatic rings. The standard InChI is InChI=1S/C13H30N2.2C12H28N2.2C11H26N2.C10H24N2.CH4/c1-7-12(8-2)14-10-9-11(3)15-13(4,5)6;1-7-13(8-2)10-11-14(9-3)12(4,5)6;1-6-9-14(10-7-2)11-8-13-12(3,4)5;1-7-13(8-2)10-9-12(6)11(3,4)5;1-6-13(7-2)10-8-9-12-11(3,4)5;1-6-11-8-9-12(7-2)10(3,4)5;/h11-12,14-15H,7-10H2,1-6H3;7-11H2,1-6H3;13H,6-11H2,1-5H3;7-10H2,1-6H3;12H,6-10H2,1-5H3;11H,6-9H2,1-5H3;1H4. The van der Waals surface area contributed by atoms with Gasteiger partial charge in [-0.3, -0.25) is 9.80 Å². The molecule has 0 aliphatic heterocycles. The van der Waals surface area contributed by atoms with Gasteiger partial charge in [0.2, 0.25) is 0 Å². The van der Waals surface area contributed by atoms with E-state index < -0.39 is 0 Å². The van der Waals surface area contributed by atoms with Crippen LogP contribution in [-0.2, 0) is 0 Å². The van der Waals surface area contributed by atoms with E-state index in [9.17, 15) is 0 Å². The van der Waals surface area contributed by atoms with Gasteiger partial charge in [0.25, 0.3) is 0 Å². The lowest BCUT2D eigenvalue weighted by Gasteiger charge is -2.36. The third-order valence-electron chi connectivity index (χ3n) is 14.9. The smallest absolute Gasteiger partial charge is 0.0125 e. The van der Waals surface area contributed by atoms with Crippen molar-refractivity contribution in [1.82, 2.24) is 60.9 Å². The zero-order valence-corrected chi connectivity index (χ0v) is 62.6. The maximum atomic E-state index is 3.60.